The van der Waals surface area contributed by atoms with Gasteiger partial charge in [-0.1, -0.05) is 30.3 Å². The second-order valence-corrected chi connectivity index (χ2v) is 5.84. The summed E-state index contributed by atoms with van der Waals surface area (Å²) in [5, 5.41) is 7.13. The van der Waals surface area contributed by atoms with Crippen molar-refractivity contribution in [2.45, 2.75) is 25.9 Å². The predicted octanol–water partition coefficient (Wildman–Crippen LogP) is 1.42. The first-order valence-electron chi connectivity index (χ1n) is 8.51. The highest BCUT2D eigenvalue weighted by Crippen LogP contribution is 2.17. The van der Waals surface area contributed by atoms with Crippen LogP contribution in [0.3, 0.4) is 0 Å². The van der Waals surface area contributed by atoms with Gasteiger partial charge in [-0.3, -0.25) is 19.7 Å². The van der Waals surface area contributed by atoms with E-state index in [2.05, 4.69) is 10.6 Å². The molecule has 1 atom stereocenters. The van der Waals surface area contributed by atoms with Crippen LogP contribution in [0.25, 0.3) is 0 Å². The van der Waals surface area contributed by atoms with Gasteiger partial charge in [0, 0.05) is 6.92 Å². The van der Waals surface area contributed by atoms with Crippen molar-refractivity contribution >= 4 is 23.8 Å². The maximum atomic E-state index is 12.0. The van der Waals surface area contributed by atoms with E-state index in [1.807, 2.05) is 11.4 Å². The molecule has 1 aromatic carbocycles. The van der Waals surface area contributed by atoms with Crippen LogP contribution in [-0.4, -0.2) is 30.4 Å². The fraction of sp³-hybridized carbons (Fsp3) is 0.263. The van der Waals surface area contributed by atoms with Crippen LogP contribution in [0.4, 0.5) is 4.79 Å². The molecule has 0 aliphatic carbocycles. The van der Waals surface area contributed by atoms with Crippen LogP contribution < -0.4 is 16.0 Å². The van der Waals surface area contributed by atoms with Gasteiger partial charge in [-0.05, 0) is 17.7 Å². The highest BCUT2D eigenvalue weighted by Gasteiger charge is 2.19. The molecule has 1 aromatic heterocycles. The van der Waals surface area contributed by atoms with E-state index in [0.29, 0.717) is 5.76 Å². The number of benzene rings is 1. The van der Waals surface area contributed by atoms with Gasteiger partial charge >= 0.3 is 12.0 Å². The van der Waals surface area contributed by atoms with Crippen LogP contribution in [-0.2, 0) is 25.7 Å². The Hall–Kier alpha value is -3.62. The second-order valence-electron chi connectivity index (χ2n) is 5.84. The van der Waals surface area contributed by atoms with Gasteiger partial charge in [0.1, 0.15) is 5.76 Å². The van der Waals surface area contributed by atoms with Crippen molar-refractivity contribution in [3.8, 4) is 0 Å². The van der Waals surface area contributed by atoms with Crippen LogP contribution in [0, 0.1) is 0 Å². The van der Waals surface area contributed by atoms with Gasteiger partial charge in [0.05, 0.1) is 25.3 Å². The number of imide groups is 1. The second kappa shape index (κ2) is 10.5. The minimum absolute atomic E-state index is 0.112. The van der Waals surface area contributed by atoms with Crippen molar-refractivity contribution in [3.63, 3.8) is 0 Å². The van der Waals surface area contributed by atoms with E-state index in [9.17, 15) is 19.2 Å². The van der Waals surface area contributed by atoms with Gasteiger partial charge in [0.2, 0.25) is 5.91 Å². The Morgan fingerprint density at radius 3 is 2.46 bits per heavy atom. The molecule has 0 fully saturated rings. The third-order valence-corrected chi connectivity index (χ3v) is 3.57. The number of esters is 1. The molecule has 1 heterocycles. The predicted molar refractivity (Wildman–Crippen MR) is 97.7 cm³/mol. The summed E-state index contributed by atoms with van der Waals surface area (Å²) >= 11 is 0. The molecule has 9 nitrogen and oxygen atoms in total. The first-order chi connectivity index (χ1) is 13.4. The molecule has 9 heteroatoms. The van der Waals surface area contributed by atoms with E-state index in [0.717, 1.165) is 5.56 Å². The Bertz CT molecular complexity index is 804. The zero-order chi connectivity index (χ0) is 20.4. The molecule has 3 N–H and O–H groups in total. The summed E-state index contributed by atoms with van der Waals surface area (Å²) in [5.74, 6) is -1.23. The zero-order valence-corrected chi connectivity index (χ0v) is 15.3. The number of carbonyl (C=O) groups is 4. The summed E-state index contributed by atoms with van der Waals surface area (Å²) < 4.78 is 9.93. The molecule has 4 amide bonds. The molecule has 0 unspecified atom stereocenters. The molecule has 0 spiro atoms. The van der Waals surface area contributed by atoms with Crippen LogP contribution in [0.2, 0.25) is 0 Å². The van der Waals surface area contributed by atoms with Crippen molar-refractivity contribution in [2.75, 3.05) is 6.61 Å². The van der Waals surface area contributed by atoms with Crippen molar-refractivity contribution in [3.05, 3.63) is 60.1 Å². The van der Waals surface area contributed by atoms with Gasteiger partial charge < -0.3 is 19.8 Å². The SMILES string of the molecule is CC(=O)N[C@@H](CC(=O)OCC(=O)NC(=O)NCc1ccco1)c1ccccc1. The minimum Gasteiger partial charge on any atom is -0.467 e. The Morgan fingerprint density at radius 1 is 1.07 bits per heavy atom. The van der Waals surface area contributed by atoms with Gasteiger partial charge in [-0.25, -0.2) is 4.79 Å². The van der Waals surface area contributed by atoms with Crippen LogP contribution >= 0.6 is 0 Å². The van der Waals surface area contributed by atoms with Crippen molar-refractivity contribution in [2.24, 2.45) is 0 Å². The van der Waals surface area contributed by atoms with E-state index in [1.165, 1.54) is 13.2 Å². The highest BCUT2D eigenvalue weighted by atomic mass is 16.5. The standard InChI is InChI=1S/C19H21N3O6/c1-13(23)21-16(14-6-3-2-4-7-14)10-18(25)28-12-17(24)22-19(26)20-11-15-8-5-9-27-15/h2-9,16H,10-12H2,1H3,(H,21,23)(H2,20,22,24,26)/t16-/m0/s1. The first kappa shape index (κ1) is 20.7. The first-order valence-corrected chi connectivity index (χ1v) is 8.51. The molecule has 0 aliphatic rings. The molecular formula is C19H21N3O6. The molecular weight excluding hydrogens is 366 g/mol. The smallest absolute Gasteiger partial charge is 0.321 e. The zero-order valence-electron chi connectivity index (χ0n) is 15.3. The summed E-state index contributed by atoms with van der Waals surface area (Å²) in [7, 11) is 0. The van der Waals surface area contributed by atoms with E-state index in [1.54, 1.807) is 36.4 Å². The summed E-state index contributed by atoms with van der Waals surface area (Å²) in [6.45, 7) is 0.839. The summed E-state index contributed by atoms with van der Waals surface area (Å²) in [4.78, 5) is 46.7. The summed E-state index contributed by atoms with van der Waals surface area (Å²) in [6.07, 6.45) is 1.31. The lowest BCUT2D eigenvalue weighted by atomic mass is 10.0. The number of hydrogen-bond donors (Lipinski definition) is 3. The molecule has 0 saturated heterocycles. The number of rotatable bonds is 8. The van der Waals surface area contributed by atoms with Crippen molar-refractivity contribution in [1.82, 2.24) is 16.0 Å². The maximum Gasteiger partial charge on any atom is 0.321 e. The third kappa shape index (κ3) is 7.32. The molecule has 28 heavy (non-hydrogen) atoms. The van der Waals surface area contributed by atoms with Gasteiger partial charge in [-0.15, -0.1) is 0 Å². The number of ether oxygens (including phenoxy) is 1. The maximum absolute atomic E-state index is 12.0. The Kier molecular flexibility index (Phi) is 7.77. The number of carbonyl (C=O) groups excluding carboxylic acids is 4. The van der Waals surface area contributed by atoms with Crippen LogP contribution in [0.1, 0.15) is 30.7 Å². The number of furan rings is 1. The molecule has 0 bridgehead atoms. The van der Waals surface area contributed by atoms with E-state index < -0.39 is 30.6 Å². The van der Waals surface area contributed by atoms with Crippen molar-refractivity contribution < 1.29 is 28.3 Å². The lowest BCUT2D eigenvalue weighted by molar-refractivity contribution is -0.148. The lowest BCUT2D eigenvalue weighted by Crippen LogP contribution is -2.41. The number of nitrogens with one attached hydrogen (secondary N) is 3. The number of amides is 4. The third-order valence-electron chi connectivity index (χ3n) is 3.57. The molecule has 2 rings (SSSR count). The average Bonchev–Trinajstić information content (AvgIpc) is 3.18. The van der Waals surface area contributed by atoms with Gasteiger partial charge in [-0.2, -0.15) is 0 Å². The van der Waals surface area contributed by atoms with Crippen LogP contribution in [0.15, 0.2) is 53.1 Å². The van der Waals surface area contributed by atoms with Crippen molar-refractivity contribution in [1.29, 1.82) is 0 Å². The molecule has 0 saturated carbocycles. The van der Waals surface area contributed by atoms with Crippen LogP contribution in [0.5, 0.6) is 0 Å². The van der Waals surface area contributed by atoms with E-state index in [-0.39, 0.29) is 18.9 Å². The van der Waals surface area contributed by atoms with Gasteiger partial charge in [0.15, 0.2) is 6.61 Å². The molecule has 0 radical (unpaired) electrons. The lowest BCUT2D eigenvalue weighted by Gasteiger charge is -2.17. The highest BCUT2D eigenvalue weighted by molar-refractivity contribution is 5.95. The monoisotopic (exact) mass is 387 g/mol. The Morgan fingerprint density at radius 2 is 1.82 bits per heavy atom. The van der Waals surface area contributed by atoms with E-state index in [4.69, 9.17) is 9.15 Å². The molecule has 2 aromatic rings. The summed E-state index contributed by atoms with van der Waals surface area (Å²) in [5.41, 5.74) is 0.733. The summed E-state index contributed by atoms with van der Waals surface area (Å²) in [6, 6.07) is 10.9. The van der Waals surface area contributed by atoms with Gasteiger partial charge in [0.25, 0.3) is 5.91 Å². The fourth-order valence-corrected chi connectivity index (χ4v) is 2.34. The Balaban J connectivity index is 1.75. The normalized spacial score (nSPS) is 11.2. The van der Waals surface area contributed by atoms with E-state index >= 15 is 0 Å². The Labute approximate surface area is 161 Å². The average molecular weight is 387 g/mol. The molecule has 148 valence electrons. The minimum atomic E-state index is -0.777. The largest absolute Gasteiger partial charge is 0.467 e. The number of hydrogen-bond acceptors (Lipinski definition) is 6. The molecule has 0 aliphatic heterocycles. The topological polar surface area (TPSA) is 127 Å². The fourth-order valence-electron chi connectivity index (χ4n) is 2.34. The quantitative estimate of drug-likeness (QED) is 0.588. The number of urea groups is 1.